The SMILES string of the molecule is CCOc1cc(/C=C2/C(=O)N(c3ccc([N+](=O)[O-])cc3)N=C2C)ccc1OC(=O)c1ccccc1Cl. The van der Waals surface area contributed by atoms with E-state index < -0.39 is 10.9 Å². The quantitative estimate of drug-likeness (QED) is 0.134. The summed E-state index contributed by atoms with van der Waals surface area (Å²) in [6, 6.07) is 17.0. The molecule has 1 aliphatic heterocycles. The zero-order chi connectivity index (χ0) is 25.8. The number of esters is 1. The summed E-state index contributed by atoms with van der Waals surface area (Å²) >= 11 is 6.09. The zero-order valence-corrected chi connectivity index (χ0v) is 20.1. The van der Waals surface area contributed by atoms with Gasteiger partial charge in [0.2, 0.25) is 0 Å². The number of halogens is 1. The molecular formula is C26H20ClN3O6. The molecule has 0 spiro atoms. The number of carbonyl (C=O) groups excluding carboxylic acids is 2. The molecule has 0 aromatic heterocycles. The Kier molecular flexibility index (Phi) is 7.12. The first-order valence-electron chi connectivity index (χ1n) is 10.9. The fourth-order valence-electron chi connectivity index (χ4n) is 3.49. The largest absolute Gasteiger partial charge is 0.490 e. The van der Waals surface area contributed by atoms with Gasteiger partial charge >= 0.3 is 5.97 Å². The number of nitrogens with zero attached hydrogens (tertiary/aromatic N) is 3. The number of nitro groups is 1. The monoisotopic (exact) mass is 505 g/mol. The lowest BCUT2D eigenvalue weighted by atomic mass is 10.1. The number of non-ortho nitro benzene ring substituents is 1. The van der Waals surface area contributed by atoms with E-state index in [0.29, 0.717) is 34.9 Å². The molecule has 0 fully saturated rings. The van der Waals surface area contributed by atoms with Crippen LogP contribution >= 0.6 is 11.6 Å². The second kappa shape index (κ2) is 10.4. The summed E-state index contributed by atoms with van der Waals surface area (Å²) in [5.74, 6) is -0.479. The maximum Gasteiger partial charge on any atom is 0.345 e. The number of anilines is 1. The van der Waals surface area contributed by atoms with Crippen molar-refractivity contribution in [3.8, 4) is 11.5 Å². The summed E-state index contributed by atoms with van der Waals surface area (Å²) in [6.45, 7) is 3.81. The maximum absolute atomic E-state index is 13.0. The number of rotatable bonds is 7. The molecule has 0 saturated carbocycles. The average Bonchev–Trinajstić information content (AvgIpc) is 3.14. The van der Waals surface area contributed by atoms with Crippen LogP contribution in [0.25, 0.3) is 6.08 Å². The van der Waals surface area contributed by atoms with Crippen molar-refractivity contribution in [2.24, 2.45) is 5.10 Å². The van der Waals surface area contributed by atoms with Gasteiger partial charge in [0, 0.05) is 12.1 Å². The van der Waals surface area contributed by atoms with Crippen LogP contribution in [0.2, 0.25) is 5.02 Å². The molecule has 3 aromatic carbocycles. The third-order valence-electron chi connectivity index (χ3n) is 5.24. The minimum absolute atomic E-state index is 0.0827. The Morgan fingerprint density at radius 2 is 1.83 bits per heavy atom. The van der Waals surface area contributed by atoms with Crippen molar-refractivity contribution in [3.63, 3.8) is 0 Å². The normalized spacial score (nSPS) is 14.1. The zero-order valence-electron chi connectivity index (χ0n) is 19.3. The third kappa shape index (κ3) is 5.11. The van der Waals surface area contributed by atoms with Crippen molar-refractivity contribution in [1.29, 1.82) is 0 Å². The van der Waals surface area contributed by atoms with Crippen molar-refractivity contribution in [2.45, 2.75) is 13.8 Å². The highest BCUT2D eigenvalue weighted by molar-refractivity contribution is 6.33. The Morgan fingerprint density at radius 1 is 1.11 bits per heavy atom. The van der Waals surface area contributed by atoms with Gasteiger partial charge in [0.15, 0.2) is 11.5 Å². The predicted octanol–water partition coefficient (Wildman–Crippen LogP) is 5.67. The van der Waals surface area contributed by atoms with Crippen molar-refractivity contribution in [3.05, 3.63) is 98.6 Å². The second-order valence-electron chi connectivity index (χ2n) is 7.64. The Labute approximate surface area is 211 Å². The number of hydrazone groups is 1. The highest BCUT2D eigenvalue weighted by Gasteiger charge is 2.29. The van der Waals surface area contributed by atoms with Gasteiger partial charge < -0.3 is 9.47 Å². The van der Waals surface area contributed by atoms with Crippen LogP contribution in [0, 0.1) is 10.1 Å². The van der Waals surface area contributed by atoms with Crippen molar-refractivity contribution < 1.29 is 24.0 Å². The Bertz CT molecular complexity index is 1420. The Balaban J connectivity index is 1.59. The van der Waals surface area contributed by atoms with Crippen LogP contribution in [0.15, 0.2) is 77.4 Å². The Morgan fingerprint density at radius 3 is 2.50 bits per heavy atom. The summed E-state index contributed by atoms with van der Waals surface area (Å²) in [5.41, 5.74) is 2.00. The molecule has 9 nitrogen and oxygen atoms in total. The first-order chi connectivity index (χ1) is 17.3. The molecule has 0 saturated heterocycles. The van der Waals surface area contributed by atoms with E-state index in [1.165, 1.54) is 29.3 Å². The maximum atomic E-state index is 13.0. The molecule has 0 bridgehead atoms. The van der Waals surface area contributed by atoms with Gasteiger partial charge in [-0.1, -0.05) is 29.8 Å². The predicted molar refractivity (Wildman–Crippen MR) is 136 cm³/mol. The molecule has 0 radical (unpaired) electrons. The summed E-state index contributed by atoms with van der Waals surface area (Å²) in [7, 11) is 0. The van der Waals surface area contributed by atoms with Gasteiger partial charge in [0.25, 0.3) is 11.6 Å². The first kappa shape index (κ1) is 24.6. The van der Waals surface area contributed by atoms with E-state index in [0.717, 1.165) is 0 Å². The molecule has 0 aliphatic carbocycles. The van der Waals surface area contributed by atoms with Crippen LogP contribution in [0.5, 0.6) is 11.5 Å². The van der Waals surface area contributed by atoms with E-state index in [4.69, 9.17) is 21.1 Å². The van der Waals surface area contributed by atoms with Crippen molar-refractivity contribution in [2.75, 3.05) is 11.6 Å². The first-order valence-corrected chi connectivity index (χ1v) is 11.3. The molecule has 1 heterocycles. The molecule has 1 amide bonds. The van der Waals surface area contributed by atoms with Crippen LogP contribution in [-0.2, 0) is 4.79 Å². The molecule has 4 rings (SSSR count). The van der Waals surface area contributed by atoms with E-state index in [2.05, 4.69) is 5.10 Å². The Hall–Kier alpha value is -4.50. The van der Waals surface area contributed by atoms with Crippen molar-refractivity contribution in [1.82, 2.24) is 0 Å². The van der Waals surface area contributed by atoms with E-state index in [-0.39, 0.29) is 27.9 Å². The number of ether oxygens (including phenoxy) is 2. The lowest BCUT2D eigenvalue weighted by molar-refractivity contribution is -0.384. The highest BCUT2D eigenvalue weighted by atomic mass is 35.5. The molecule has 0 N–H and O–H groups in total. The molecule has 182 valence electrons. The van der Waals surface area contributed by atoms with Crippen LogP contribution in [-0.4, -0.2) is 29.1 Å². The number of hydrogen-bond acceptors (Lipinski definition) is 7. The van der Waals surface area contributed by atoms with Crippen molar-refractivity contribution >= 4 is 46.6 Å². The molecule has 1 aliphatic rings. The molecule has 3 aromatic rings. The van der Waals surface area contributed by atoms with Gasteiger partial charge in [-0.05, 0) is 61.9 Å². The molecule has 36 heavy (non-hydrogen) atoms. The third-order valence-corrected chi connectivity index (χ3v) is 5.57. The van der Waals surface area contributed by atoms with E-state index >= 15 is 0 Å². The van der Waals surface area contributed by atoms with E-state index in [9.17, 15) is 19.7 Å². The number of nitro benzene ring substituents is 1. The minimum atomic E-state index is -0.625. The lowest BCUT2D eigenvalue weighted by Gasteiger charge is -2.13. The standard InChI is InChI=1S/C26H20ClN3O6/c1-3-35-24-15-17(8-13-23(24)36-26(32)20-6-4-5-7-22(20)27)14-21-16(2)28-29(25(21)31)18-9-11-19(12-10-18)30(33)34/h4-15H,3H2,1-2H3/b21-14+. The smallest absolute Gasteiger partial charge is 0.345 e. The molecule has 0 unspecified atom stereocenters. The number of amides is 1. The van der Waals surface area contributed by atoms with E-state index in [1.54, 1.807) is 62.4 Å². The van der Waals surface area contributed by atoms with E-state index in [1.807, 2.05) is 0 Å². The summed E-state index contributed by atoms with van der Waals surface area (Å²) in [4.78, 5) is 36.0. The fraction of sp³-hybridized carbons (Fsp3) is 0.115. The van der Waals surface area contributed by atoms with Gasteiger partial charge in [0.05, 0.1) is 39.1 Å². The van der Waals surface area contributed by atoms with Crippen LogP contribution in [0.4, 0.5) is 11.4 Å². The molecule has 0 atom stereocenters. The average molecular weight is 506 g/mol. The molecular weight excluding hydrogens is 486 g/mol. The summed E-state index contributed by atoms with van der Waals surface area (Å²) in [6.07, 6.45) is 1.65. The van der Waals surface area contributed by atoms with Gasteiger partial charge in [-0.2, -0.15) is 10.1 Å². The fourth-order valence-corrected chi connectivity index (χ4v) is 3.70. The summed E-state index contributed by atoms with van der Waals surface area (Å²) < 4.78 is 11.2. The number of carbonyl (C=O) groups is 2. The van der Waals surface area contributed by atoms with Gasteiger partial charge in [-0.15, -0.1) is 0 Å². The van der Waals surface area contributed by atoms with Crippen LogP contribution in [0.3, 0.4) is 0 Å². The lowest BCUT2D eigenvalue weighted by Crippen LogP contribution is -2.21. The highest BCUT2D eigenvalue weighted by Crippen LogP contribution is 2.32. The number of benzene rings is 3. The van der Waals surface area contributed by atoms with Crippen LogP contribution < -0.4 is 14.5 Å². The molecule has 10 heteroatoms. The van der Waals surface area contributed by atoms with Gasteiger partial charge in [0.1, 0.15) is 0 Å². The van der Waals surface area contributed by atoms with Crippen LogP contribution in [0.1, 0.15) is 29.8 Å². The number of hydrogen-bond donors (Lipinski definition) is 0. The second-order valence-corrected chi connectivity index (χ2v) is 8.05. The van der Waals surface area contributed by atoms with Gasteiger partial charge in [-0.3, -0.25) is 14.9 Å². The van der Waals surface area contributed by atoms with Gasteiger partial charge in [-0.25, -0.2) is 4.79 Å². The topological polar surface area (TPSA) is 111 Å². The summed E-state index contributed by atoms with van der Waals surface area (Å²) in [5, 5.41) is 16.7. The minimum Gasteiger partial charge on any atom is -0.490 e.